The summed E-state index contributed by atoms with van der Waals surface area (Å²) in [6, 6.07) is 0. The first kappa shape index (κ1) is 21.2. The van der Waals surface area contributed by atoms with Crippen molar-refractivity contribution in [3.8, 4) is 0 Å². The number of rotatable bonds is 6. The maximum atomic E-state index is 12.5. The third-order valence-electron chi connectivity index (χ3n) is 3.65. The molecular weight excluding hydrogens is 325 g/mol. The van der Waals surface area contributed by atoms with Gasteiger partial charge in [0.15, 0.2) is 8.07 Å². The molecule has 0 aliphatic heterocycles. The Balaban J connectivity index is 5.85. The van der Waals surface area contributed by atoms with Crippen LogP contribution in [0, 0.1) is 0 Å². The quantitative estimate of drug-likeness (QED) is 0.559. The van der Waals surface area contributed by atoms with Crippen molar-refractivity contribution in [1.29, 1.82) is 0 Å². The lowest BCUT2D eigenvalue weighted by Gasteiger charge is -2.43. The summed E-state index contributed by atoms with van der Waals surface area (Å²) in [4.78, 5) is 21.0. The van der Waals surface area contributed by atoms with E-state index in [4.69, 9.17) is 0 Å². The molecule has 0 amide bonds. The fraction of sp³-hybridized carbons (Fsp3) is 1.00. The fourth-order valence-corrected chi connectivity index (χ4v) is 30.3. The molecule has 2 N–H and O–H groups in total. The maximum absolute atomic E-state index is 12.5. The second kappa shape index (κ2) is 6.38. The monoisotopic (exact) mass is 360 g/mol. The predicted octanol–water partition coefficient (Wildman–Crippen LogP) is 3.84. The van der Waals surface area contributed by atoms with Gasteiger partial charge in [-0.1, -0.05) is 20.8 Å². The molecule has 0 rings (SSSR count). The minimum atomic E-state index is -2.18. The predicted molar refractivity (Wildman–Crippen MR) is 101 cm³/mol. The Bertz CT molecular complexity index is 356. The summed E-state index contributed by atoms with van der Waals surface area (Å²) in [5.74, 6) is 2.34. The smallest absolute Gasteiger partial charge is 0.159 e. The molecule has 3 nitrogen and oxygen atoms in total. The van der Waals surface area contributed by atoms with Crippen molar-refractivity contribution >= 4 is 30.2 Å². The van der Waals surface area contributed by atoms with Gasteiger partial charge in [-0.15, -0.1) is 0 Å². The van der Waals surface area contributed by atoms with E-state index >= 15 is 0 Å². The standard InChI is InChI=1S/C13H35O3P3Si/c1-13(2,3)20(10-17(4,5)14,11-18(6,7)15)12-19(8,9)16/h14-15H,10-12H2,1-9H3/q+2. The molecule has 0 aliphatic rings. The van der Waals surface area contributed by atoms with Crippen LogP contribution in [0.5, 0.6) is 0 Å². The van der Waals surface area contributed by atoms with Crippen molar-refractivity contribution in [2.75, 3.05) is 57.3 Å². The van der Waals surface area contributed by atoms with Crippen molar-refractivity contribution < 1.29 is 14.4 Å². The van der Waals surface area contributed by atoms with Gasteiger partial charge >= 0.3 is 0 Å². The summed E-state index contributed by atoms with van der Waals surface area (Å²) in [6.07, 6.45) is 0. The van der Waals surface area contributed by atoms with Crippen molar-refractivity contribution in [3.05, 3.63) is 0 Å². The van der Waals surface area contributed by atoms with Gasteiger partial charge in [-0.2, -0.15) is 0 Å². The summed E-state index contributed by atoms with van der Waals surface area (Å²) in [5.41, 5.74) is 0. The zero-order valence-electron chi connectivity index (χ0n) is 14.8. The van der Waals surface area contributed by atoms with Gasteiger partial charge in [0.05, 0.1) is 45.4 Å². The van der Waals surface area contributed by atoms with E-state index < -0.39 is 30.2 Å². The molecule has 0 heterocycles. The molecule has 0 radical (unpaired) electrons. The summed E-state index contributed by atoms with van der Waals surface area (Å²) in [5, 5.41) is 0.0364. The third kappa shape index (κ3) is 8.02. The first-order valence-electron chi connectivity index (χ1n) is 7.03. The van der Waals surface area contributed by atoms with E-state index in [1.807, 2.05) is 40.0 Å². The normalized spacial score (nSPS) is 15.6. The molecule has 0 saturated heterocycles. The van der Waals surface area contributed by atoms with Crippen LogP contribution in [0.15, 0.2) is 0 Å². The topological polar surface area (TPSA) is 57.5 Å². The first-order valence-corrected chi connectivity index (χ1v) is 18.1. The zero-order valence-corrected chi connectivity index (χ0v) is 18.4. The van der Waals surface area contributed by atoms with Gasteiger partial charge in [0.2, 0.25) is 0 Å². The average Bonchev–Trinajstić information content (AvgIpc) is 1.88. The Kier molecular flexibility index (Phi) is 6.77. The number of hydrogen-bond acceptors (Lipinski definition) is 3. The molecule has 0 unspecified atom stereocenters. The van der Waals surface area contributed by atoms with Crippen molar-refractivity contribution in [2.24, 2.45) is 0 Å². The van der Waals surface area contributed by atoms with Gasteiger partial charge in [-0.25, -0.2) is 0 Å². The van der Waals surface area contributed by atoms with E-state index in [2.05, 4.69) is 20.8 Å². The van der Waals surface area contributed by atoms with Gasteiger partial charge in [0, 0.05) is 5.79 Å². The van der Waals surface area contributed by atoms with Crippen LogP contribution in [0.4, 0.5) is 0 Å². The lowest BCUT2D eigenvalue weighted by molar-refractivity contribution is 0.583. The zero-order chi connectivity index (χ0) is 16.6. The van der Waals surface area contributed by atoms with Crippen molar-refractivity contribution in [2.45, 2.75) is 25.8 Å². The van der Waals surface area contributed by atoms with Gasteiger partial charge in [0.1, 0.15) is 15.0 Å². The molecule has 20 heavy (non-hydrogen) atoms. The molecule has 0 atom stereocenters. The lowest BCUT2D eigenvalue weighted by Crippen LogP contribution is -2.56. The highest BCUT2D eigenvalue weighted by Gasteiger charge is 2.57. The molecule has 122 valence electrons. The largest absolute Gasteiger partial charge is 0.324 e. The van der Waals surface area contributed by atoms with Gasteiger partial charge in [-0.3, -0.25) is 9.79 Å². The highest BCUT2D eigenvalue weighted by atomic mass is 31.2. The Labute approximate surface area is 128 Å². The molecule has 0 aromatic carbocycles. The number of hydrogen-bond donors (Lipinski definition) is 2. The summed E-state index contributed by atoms with van der Waals surface area (Å²) < 4.78 is 12.5. The molecule has 0 aromatic rings. The van der Waals surface area contributed by atoms with Gasteiger partial charge in [-0.05, 0) is 18.4 Å². The van der Waals surface area contributed by atoms with Crippen molar-refractivity contribution in [1.82, 2.24) is 0 Å². The van der Waals surface area contributed by atoms with Crippen LogP contribution in [0.2, 0.25) is 5.04 Å². The molecule has 0 saturated carbocycles. The summed E-state index contributed by atoms with van der Waals surface area (Å²) in [7, 11) is -8.17. The Hall–Kier alpha value is 1.23. The highest BCUT2D eigenvalue weighted by molar-refractivity contribution is 7.76. The van der Waals surface area contributed by atoms with Crippen LogP contribution in [0.25, 0.3) is 0 Å². The molecule has 0 spiro atoms. The molecule has 0 aromatic heterocycles. The molecular formula is C13H35O3P3Si+2. The average molecular weight is 360 g/mol. The van der Waals surface area contributed by atoms with Crippen LogP contribution in [0.1, 0.15) is 20.8 Å². The Morgan fingerprint density at radius 2 is 1.25 bits per heavy atom. The summed E-state index contributed by atoms with van der Waals surface area (Å²) >= 11 is 0. The van der Waals surface area contributed by atoms with Crippen molar-refractivity contribution in [3.63, 3.8) is 0 Å². The third-order valence-corrected chi connectivity index (χ3v) is 23.3. The van der Waals surface area contributed by atoms with E-state index in [9.17, 15) is 14.4 Å². The van der Waals surface area contributed by atoms with Crippen LogP contribution in [-0.2, 0) is 4.57 Å². The summed E-state index contributed by atoms with van der Waals surface area (Å²) in [6.45, 7) is 18.1. The fourth-order valence-electron chi connectivity index (χ4n) is 3.07. The SMILES string of the molecule is CC(C)(C)[Si](CP(C)(C)=O)(C[P+](C)(C)O)C[P+](C)(C)O. The van der Waals surface area contributed by atoms with Crippen LogP contribution < -0.4 is 0 Å². The second-order valence-corrected chi connectivity index (χ2v) is 26.3. The van der Waals surface area contributed by atoms with E-state index in [0.29, 0.717) is 0 Å². The van der Waals surface area contributed by atoms with E-state index in [0.717, 1.165) is 17.4 Å². The van der Waals surface area contributed by atoms with E-state index in [1.165, 1.54) is 0 Å². The minimum absolute atomic E-state index is 0.0364. The molecule has 0 fully saturated rings. The lowest BCUT2D eigenvalue weighted by atomic mass is 10.2. The molecule has 0 aliphatic carbocycles. The molecule has 7 heteroatoms. The van der Waals surface area contributed by atoms with Gasteiger partial charge < -0.3 is 4.57 Å². The van der Waals surface area contributed by atoms with E-state index in [1.54, 1.807) is 0 Å². The first-order chi connectivity index (χ1) is 8.37. The van der Waals surface area contributed by atoms with Crippen LogP contribution in [-0.4, -0.2) is 75.2 Å². The highest BCUT2D eigenvalue weighted by Crippen LogP contribution is 2.61. The minimum Gasteiger partial charge on any atom is -0.324 e. The van der Waals surface area contributed by atoms with E-state index in [-0.39, 0.29) is 5.04 Å². The molecule has 0 bridgehead atoms. The Morgan fingerprint density at radius 3 is 1.40 bits per heavy atom. The Morgan fingerprint density at radius 1 is 0.950 bits per heavy atom. The maximum Gasteiger partial charge on any atom is 0.159 e. The van der Waals surface area contributed by atoms with Crippen LogP contribution in [0.3, 0.4) is 0 Å². The second-order valence-electron chi connectivity index (χ2n) is 8.82. The van der Waals surface area contributed by atoms with Gasteiger partial charge in [0.25, 0.3) is 0 Å². The van der Waals surface area contributed by atoms with Crippen LogP contribution >= 0.6 is 22.1 Å².